The van der Waals surface area contributed by atoms with Crippen LogP contribution in [0.3, 0.4) is 0 Å². The molecule has 6 heteroatoms. The van der Waals surface area contributed by atoms with Crippen molar-refractivity contribution in [2.24, 2.45) is 5.92 Å². The molecule has 1 aliphatic carbocycles. The summed E-state index contributed by atoms with van der Waals surface area (Å²) in [6.07, 6.45) is 3.82. The highest BCUT2D eigenvalue weighted by Gasteiger charge is 2.20. The number of aliphatic hydroxyl groups excluding tert-OH is 1. The number of furan rings is 1. The first-order chi connectivity index (χ1) is 11.6. The Bertz CT molecular complexity index is 698. The summed E-state index contributed by atoms with van der Waals surface area (Å²) in [7, 11) is 0. The SMILES string of the molecule is O=[N+]([O-])c1ccccc1-c1ccc(CNCC2CCCC(O)C2)o1. The smallest absolute Gasteiger partial charge is 0.280 e. The molecular weight excluding hydrogens is 308 g/mol. The maximum absolute atomic E-state index is 11.1. The van der Waals surface area contributed by atoms with Gasteiger partial charge in [-0.1, -0.05) is 18.6 Å². The summed E-state index contributed by atoms with van der Waals surface area (Å²) in [5.74, 6) is 1.75. The zero-order chi connectivity index (χ0) is 16.9. The lowest BCUT2D eigenvalue weighted by Gasteiger charge is -2.25. The van der Waals surface area contributed by atoms with Crippen molar-refractivity contribution in [2.45, 2.75) is 38.3 Å². The van der Waals surface area contributed by atoms with Gasteiger partial charge in [-0.2, -0.15) is 0 Å². The standard InChI is InChI=1S/C18H22N2O4/c21-14-5-3-4-13(10-14)11-19-12-15-8-9-18(24-15)16-6-1-2-7-17(16)20(22)23/h1-2,6-9,13-14,19,21H,3-5,10-12H2. The van der Waals surface area contributed by atoms with Gasteiger partial charge in [0.2, 0.25) is 0 Å². The van der Waals surface area contributed by atoms with Crippen molar-refractivity contribution in [3.63, 3.8) is 0 Å². The van der Waals surface area contributed by atoms with Gasteiger partial charge < -0.3 is 14.8 Å². The summed E-state index contributed by atoms with van der Waals surface area (Å²) in [6, 6.07) is 10.2. The Morgan fingerprint density at radius 3 is 2.88 bits per heavy atom. The summed E-state index contributed by atoms with van der Waals surface area (Å²) in [5, 5.41) is 24.2. The summed E-state index contributed by atoms with van der Waals surface area (Å²) in [6.45, 7) is 1.42. The van der Waals surface area contributed by atoms with E-state index >= 15 is 0 Å². The van der Waals surface area contributed by atoms with Gasteiger partial charge in [0.1, 0.15) is 11.5 Å². The molecule has 2 N–H and O–H groups in total. The van der Waals surface area contributed by atoms with E-state index in [0.717, 1.165) is 38.0 Å². The predicted octanol–water partition coefficient (Wildman–Crippen LogP) is 3.50. The van der Waals surface area contributed by atoms with Crippen molar-refractivity contribution in [3.05, 3.63) is 52.3 Å². The first kappa shape index (κ1) is 16.7. The van der Waals surface area contributed by atoms with Gasteiger partial charge >= 0.3 is 0 Å². The lowest BCUT2D eigenvalue weighted by atomic mass is 9.87. The van der Waals surface area contributed by atoms with E-state index in [2.05, 4.69) is 5.32 Å². The van der Waals surface area contributed by atoms with Crippen molar-refractivity contribution in [2.75, 3.05) is 6.54 Å². The van der Waals surface area contributed by atoms with Crippen LogP contribution in [0, 0.1) is 16.0 Å². The molecule has 0 amide bonds. The first-order valence-electron chi connectivity index (χ1n) is 8.35. The van der Waals surface area contributed by atoms with Gasteiger partial charge in [0.05, 0.1) is 23.1 Å². The molecule has 1 aliphatic rings. The van der Waals surface area contributed by atoms with Crippen LogP contribution in [0.1, 0.15) is 31.4 Å². The van der Waals surface area contributed by atoms with Gasteiger partial charge in [0.15, 0.2) is 0 Å². The third kappa shape index (κ3) is 4.01. The van der Waals surface area contributed by atoms with Crippen molar-refractivity contribution in [1.29, 1.82) is 0 Å². The second-order valence-corrected chi connectivity index (χ2v) is 6.36. The van der Waals surface area contributed by atoms with Gasteiger partial charge in [0, 0.05) is 6.07 Å². The summed E-state index contributed by atoms with van der Waals surface area (Å²) >= 11 is 0. The molecule has 1 fully saturated rings. The number of hydrogen-bond donors (Lipinski definition) is 2. The van der Waals surface area contributed by atoms with Gasteiger partial charge in [-0.25, -0.2) is 0 Å². The second kappa shape index (κ2) is 7.59. The fraction of sp³-hybridized carbons (Fsp3) is 0.444. The third-order valence-corrected chi connectivity index (χ3v) is 4.52. The van der Waals surface area contributed by atoms with Gasteiger partial charge in [-0.05, 0) is 49.9 Å². The Balaban J connectivity index is 1.59. The first-order valence-corrected chi connectivity index (χ1v) is 8.35. The Hall–Kier alpha value is -2.18. The molecule has 1 aromatic carbocycles. The van der Waals surface area contributed by atoms with Crippen molar-refractivity contribution < 1.29 is 14.4 Å². The molecule has 6 nitrogen and oxygen atoms in total. The number of nitrogens with zero attached hydrogens (tertiary/aromatic N) is 1. The van der Waals surface area contributed by atoms with Crippen LogP contribution >= 0.6 is 0 Å². The van der Waals surface area contributed by atoms with Crippen LogP contribution in [-0.4, -0.2) is 22.7 Å². The van der Waals surface area contributed by atoms with E-state index in [1.54, 1.807) is 24.3 Å². The second-order valence-electron chi connectivity index (χ2n) is 6.36. The van der Waals surface area contributed by atoms with Crippen molar-refractivity contribution in [3.8, 4) is 11.3 Å². The maximum Gasteiger partial charge on any atom is 0.280 e. The Morgan fingerprint density at radius 2 is 2.08 bits per heavy atom. The topological polar surface area (TPSA) is 88.5 Å². The Kier molecular flexibility index (Phi) is 5.27. The van der Waals surface area contributed by atoms with Crippen LogP contribution < -0.4 is 5.32 Å². The van der Waals surface area contributed by atoms with Gasteiger partial charge in [-0.3, -0.25) is 10.1 Å². The Morgan fingerprint density at radius 1 is 1.25 bits per heavy atom. The molecule has 0 bridgehead atoms. The van der Waals surface area contributed by atoms with E-state index in [1.807, 2.05) is 6.07 Å². The highest BCUT2D eigenvalue weighted by molar-refractivity contribution is 5.69. The van der Waals surface area contributed by atoms with E-state index in [1.165, 1.54) is 6.07 Å². The fourth-order valence-electron chi connectivity index (χ4n) is 3.31. The predicted molar refractivity (Wildman–Crippen MR) is 90.5 cm³/mol. The zero-order valence-electron chi connectivity index (χ0n) is 13.5. The third-order valence-electron chi connectivity index (χ3n) is 4.52. The largest absolute Gasteiger partial charge is 0.459 e. The Labute approximate surface area is 140 Å². The summed E-state index contributed by atoms with van der Waals surface area (Å²) in [5.41, 5.74) is 0.534. The summed E-state index contributed by atoms with van der Waals surface area (Å²) in [4.78, 5) is 10.7. The summed E-state index contributed by atoms with van der Waals surface area (Å²) < 4.78 is 5.75. The van der Waals surface area contributed by atoms with Gasteiger partial charge in [0.25, 0.3) is 5.69 Å². The van der Waals surface area contributed by atoms with E-state index in [9.17, 15) is 15.2 Å². The molecule has 1 aromatic heterocycles. The fourth-order valence-corrected chi connectivity index (χ4v) is 3.31. The molecule has 128 valence electrons. The normalized spacial score (nSPS) is 20.9. The van der Waals surface area contributed by atoms with E-state index in [4.69, 9.17) is 4.42 Å². The highest BCUT2D eigenvalue weighted by Crippen LogP contribution is 2.31. The van der Waals surface area contributed by atoms with Crippen LogP contribution in [0.25, 0.3) is 11.3 Å². The van der Waals surface area contributed by atoms with Crippen LogP contribution in [0.2, 0.25) is 0 Å². The number of rotatable bonds is 6. The quantitative estimate of drug-likeness (QED) is 0.625. The van der Waals surface area contributed by atoms with Crippen LogP contribution in [0.15, 0.2) is 40.8 Å². The average Bonchev–Trinajstić information content (AvgIpc) is 3.04. The van der Waals surface area contributed by atoms with Gasteiger partial charge in [-0.15, -0.1) is 0 Å². The number of benzene rings is 1. The molecule has 3 rings (SSSR count). The van der Waals surface area contributed by atoms with E-state index in [-0.39, 0.29) is 11.8 Å². The van der Waals surface area contributed by atoms with E-state index < -0.39 is 4.92 Å². The maximum atomic E-state index is 11.1. The molecule has 2 aromatic rings. The molecule has 24 heavy (non-hydrogen) atoms. The molecule has 2 unspecified atom stereocenters. The molecular formula is C18H22N2O4. The molecule has 2 atom stereocenters. The number of nitrogens with one attached hydrogen (secondary N) is 1. The van der Waals surface area contributed by atoms with Crippen LogP contribution in [-0.2, 0) is 6.54 Å². The van der Waals surface area contributed by atoms with Crippen molar-refractivity contribution >= 4 is 5.69 Å². The lowest BCUT2D eigenvalue weighted by Crippen LogP contribution is -2.28. The molecule has 0 radical (unpaired) electrons. The lowest BCUT2D eigenvalue weighted by molar-refractivity contribution is -0.384. The highest BCUT2D eigenvalue weighted by atomic mass is 16.6. The molecule has 1 saturated carbocycles. The van der Waals surface area contributed by atoms with E-state index in [0.29, 0.717) is 23.8 Å². The van der Waals surface area contributed by atoms with Crippen LogP contribution in [0.5, 0.6) is 0 Å². The van der Waals surface area contributed by atoms with Crippen molar-refractivity contribution in [1.82, 2.24) is 5.32 Å². The minimum Gasteiger partial charge on any atom is -0.459 e. The molecule has 0 saturated heterocycles. The average molecular weight is 330 g/mol. The molecule has 0 aliphatic heterocycles. The number of nitro benzene ring substituents is 1. The number of hydrogen-bond acceptors (Lipinski definition) is 5. The number of aliphatic hydroxyl groups is 1. The molecule has 0 spiro atoms. The minimum atomic E-state index is -0.399. The monoisotopic (exact) mass is 330 g/mol. The number of nitro groups is 1. The molecule has 1 heterocycles. The van der Waals surface area contributed by atoms with Crippen LogP contribution in [0.4, 0.5) is 5.69 Å². The number of para-hydroxylation sites is 1. The zero-order valence-corrected chi connectivity index (χ0v) is 13.5. The minimum absolute atomic E-state index is 0.0440.